The van der Waals surface area contributed by atoms with Gasteiger partial charge in [0.05, 0.1) is 0 Å². The number of aryl methyl sites for hydroxylation is 1. The topological polar surface area (TPSA) is 38.3 Å². The van der Waals surface area contributed by atoms with E-state index in [0.29, 0.717) is 0 Å². The van der Waals surface area contributed by atoms with Gasteiger partial charge in [0, 0.05) is 13.2 Å². The number of ether oxygens (including phenoxy) is 1. The number of carbonyl (C=O) groups excluding carboxylic acids is 1. The Bertz CT molecular complexity index is 358. The molecule has 3 nitrogen and oxygen atoms in total. The van der Waals surface area contributed by atoms with Crippen molar-refractivity contribution in [3.05, 3.63) is 35.9 Å². The third-order valence-electron chi connectivity index (χ3n) is 3.26. The summed E-state index contributed by atoms with van der Waals surface area (Å²) in [5, 5.41) is 2.95. The van der Waals surface area contributed by atoms with E-state index in [1.165, 1.54) is 5.56 Å². The molecule has 1 aromatic rings. The average Bonchev–Trinajstić information content (AvgIpc) is 2.93. The van der Waals surface area contributed by atoms with Crippen LogP contribution in [0, 0.1) is 0 Å². The lowest BCUT2D eigenvalue weighted by molar-refractivity contribution is -0.130. The Balaban J connectivity index is 1.54. The van der Waals surface area contributed by atoms with Gasteiger partial charge in [-0.2, -0.15) is 0 Å². The van der Waals surface area contributed by atoms with E-state index >= 15 is 0 Å². The molecule has 1 atom stereocenters. The third-order valence-corrected chi connectivity index (χ3v) is 3.26. The van der Waals surface area contributed by atoms with Gasteiger partial charge in [-0.1, -0.05) is 30.3 Å². The summed E-state index contributed by atoms with van der Waals surface area (Å²) in [6.07, 6.45) is 4.89. The van der Waals surface area contributed by atoms with Gasteiger partial charge in [0.25, 0.3) is 0 Å². The quantitative estimate of drug-likeness (QED) is 0.783. The molecule has 1 fully saturated rings. The molecule has 1 unspecified atom stereocenters. The van der Waals surface area contributed by atoms with Crippen molar-refractivity contribution >= 4 is 5.91 Å². The molecule has 18 heavy (non-hydrogen) atoms. The lowest BCUT2D eigenvalue weighted by Gasteiger charge is -2.10. The van der Waals surface area contributed by atoms with Gasteiger partial charge >= 0.3 is 0 Å². The monoisotopic (exact) mass is 247 g/mol. The number of rotatable bonds is 6. The fraction of sp³-hybridized carbons (Fsp3) is 0.533. The molecule has 1 N–H and O–H groups in total. The molecule has 1 aliphatic heterocycles. The second-order valence-corrected chi connectivity index (χ2v) is 4.74. The number of nitrogens with one attached hydrogen (secondary N) is 1. The molecule has 98 valence electrons. The van der Waals surface area contributed by atoms with Crippen molar-refractivity contribution in [3.8, 4) is 0 Å². The van der Waals surface area contributed by atoms with E-state index in [2.05, 4.69) is 29.6 Å². The van der Waals surface area contributed by atoms with Gasteiger partial charge in [-0.05, 0) is 37.7 Å². The molecule has 1 aromatic carbocycles. The van der Waals surface area contributed by atoms with E-state index < -0.39 is 0 Å². The van der Waals surface area contributed by atoms with Crippen LogP contribution in [0.2, 0.25) is 0 Å². The van der Waals surface area contributed by atoms with Crippen molar-refractivity contribution in [3.63, 3.8) is 0 Å². The molecular weight excluding hydrogens is 226 g/mol. The van der Waals surface area contributed by atoms with Crippen molar-refractivity contribution in [2.24, 2.45) is 0 Å². The molecular formula is C15H21NO2. The van der Waals surface area contributed by atoms with Crippen LogP contribution in [-0.2, 0) is 16.0 Å². The molecule has 0 spiro atoms. The minimum absolute atomic E-state index is 0.0622. The first kappa shape index (κ1) is 13.1. The molecule has 0 aromatic heterocycles. The standard InChI is InChI=1S/C15H21NO2/c17-15(14-10-6-12-18-14)16-11-5-4-9-13-7-2-1-3-8-13/h1-3,7-8,14H,4-6,9-12H2,(H,16,17). The van der Waals surface area contributed by atoms with Crippen molar-refractivity contribution in [1.29, 1.82) is 0 Å². The van der Waals surface area contributed by atoms with Gasteiger partial charge in [-0.25, -0.2) is 0 Å². The molecule has 0 saturated carbocycles. The number of carbonyl (C=O) groups is 1. The zero-order valence-corrected chi connectivity index (χ0v) is 10.7. The summed E-state index contributed by atoms with van der Waals surface area (Å²) in [6.45, 7) is 1.48. The van der Waals surface area contributed by atoms with Crippen LogP contribution in [0.15, 0.2) is 30.3 Å². The first-order valence-electron chi connectivity index (χ1n) is 6.79. The van der Waals surface area contributed by atoms with E-state index in [0.717, 1.165) is 45.3 Å². The lowest BCUT2D eigenvalue weighted by atomic mass is 10.1. The van der Waals surface area contributed by atoms with Crippen molar-refractivity contribution in [2.45, 2.75) is 38.2 Å². The van der Waals surface area contributed by atoms with E-state index in [1.807, 2.05) is 6.07 Å². The summed E-state index contributed by atoms with van der Waals surface area (Å²) in [7, 11) is 0. The molecule has 1 amide bonds. The van der Waals surface area contributed by atoms with Crippen molar-refractivity contribution < 1.29 is 9.53 Å². The highest BCUT2D eigenvalue weighted by Crippen LogP contribution is 2.11. The Morgan fingerprint density at radius 1 is 1.28 bits per heavy atom. The first-order chi connectivity index (χ1) is 8.86. The second kappa shape index (κ2) is 7.17. The third kappa shape index (κ3) is 4.15. The fourth-order valence-corrected chi connectivity index (χ4v) is 2.21. The normalized spacial score (nSPS) is 18.8. The van der Waals surface area contributed by atoms with Crippen LogP contribution in [-0.4, -0.2) is 25.2 Å². The Labute approximate surface area is 109 Å². The van der Waals surface area contributed by atoms with Gasteiger partial charge in [0.15, 0.2) is 0 Å². The molecule has 1 saturated heterocycles. The van der Waals surface area contributed by atoms with E-state index in [-0.39, 0.29) is 12.0 Å². The Morgan fingerprint density at radius 2 is 2.11 bits per heavy atom. The van der Waals surface area contributed by atoms with Crippen LogP contribution < -0.4 is 5.32 Å². The Kier molecular flexibility index (Phi) is 5.21. The van der Waals surface area contributed by atoms with Gasteiger partial charge in [0.2, 0.25) is 5.91 Å². The van der Waals surface area contributed by atoms with E-state index in [1.54, 1.807) is 0 Å². The summed E-state index contributed by atoms with van der Waals surface area (Å²) < 4.78 is 5.33. The maximum Gasteiger partial charge on any atom is 0.249 e. The zero-order chi connectivity index (χ0) is 12.6. The molecule has 1 heterocycles. The average molecular weight is 247 g/mol. The SMILES string of the molecule is O=C(NCCCCc1ccccc1)C1CCCO1. The zero-order valence-electron chi connectivity index (χ0n) is 10.7. The minimum Gasteiger partial charge on any atom is -0.368 e. The Morgan fingerprint density at radius 3 is 2.83 bits per heavy atom. The van der Waals surface area contributed by atoms with Gasteiger partial charge in [0.1, 0.15) is 6.10 Å². The highest BCUT2D eigenvalue weighted by molar-refractivity contribution is 5.80. The molecule has 2 rings (SSSR count). The van der Waals surface area contributed by atoms with Gasteiger partial charge < -0.3 is 10.1 Å². The van der Waals surface area contributed by atoms with Crippen molar-refractivity contribution in [1.82, 2.24) is 5.32 Å². The molecule has 0 bridgehead atoms. The van der Waals surface area contributed by atoms with E-state index in [4.69, 9.17) is 4.74 Å². The number of hydrogen-bond donors (Lipinski definition) is 1. The van der Waals surface area contributed by atoms with Gasteiger partial charge in [-0.3, -0.25) is 4.79 Å². The molecule has 0 aliphatic carbocycles. The highest BCUT2D eigenvalue weighted by Gasteiger charge is 2.22. The first-order valence-corrected chi connectivity index (χ1v) is 6.79. The predicted octanol–water partition coefficient (Wildman–Crippen LogP) is 2.30. The minimum atomic E-state index is -0.195. The van der Waals surface area contributed by atoms with Crippen LogP contribution in [0.5, 0.6) is 0 Å². The number of amides is 1. The summed E-state index contributed by atoms with van der Waals surface area (Å²) >= 11 is 0. The van der Waals surface area contributed by atoms with Crippen LogP contribution >= 0.6 is 0 Å². The van der Waals surface area contributed by atoms with E-state index in [9.17, 15) is 4.79 Å². The number of unbranched alkanes of at least 4 members (excludes halogenated alkanes) is 1. The number of benzene rings is 1. The lowest BCUT2D eigenvalue weighted by Crippen LogP contribution is -2.34. The smallest absolute Gasteiger partial charge is 0.249 e. The summed E-state index contributed by atoms with van der Waals surface area (Å²) in [4.78, 5) is 11.6. The summed E-state index contributed by atoms with van der Waals surface area (Å²) in [5.74, 6) is 0.0622. The van der Waals surface area contributed by atoms with Crippen LogP contribution in [0.4, 0.5) is 0 Å². The maximum atomic E-state index is 11.6. The predicted molar refractivity (Wildman–Crippen MR) is 71.4 cm³/mol. The summed E-state index contributed by atoms with van der Waals surface area (Å²) in [6, 6.07) is 10.4. The molecule has 1 aliphatic rings. The summed E-state index contributed by atoms with van der Waals surface area (Å²) in [5.41, 5.74) is 1.36. The maximum absolute atomic E-state index is 11.6. The van der Waals surface area contributed by atoms with Crippen LogP contribution in [0.3, 0.4) is 0 Å². The Hall–Kier alpha value is -1.35. The largest absolute Gasteiger partial charge is 0.368 e. The molecule has 3 heteroatoms. The van der Waals surface area contributed by atoms with Crippen molar-refractivity contribution in [2.75, 3.05) is 13.2 Å². The van der Waals surface area contributed by atoms with Crippen LogP contribution in [0.25, 0.3) is 0 Å². The fourth-order valence-electron chi connectivity index (χ4n) is 2.21. The molecule has 0 radical (unpaired) electrons. The second-order valence-electron chi connectivity index (χ2n) is 4.74. The number of hydrogen-bond acceptors (Lipinski definition) is 2. The van der Waals surface area contributed by atoms with Gasteiger partial charge in [-0.15, -0.1) is 0 Å². The highest BCUT2D eigenvalue weighted by atomic mass is 16.5. The van der Waals surface area contributed by atoms with Crippen LogP contribution in [0.1, 0.15) is 31.2 Å².